The van der Waals surface area contributed by atoms with Crippen LogP contribution in [0.4, 0.5) is 15.8 Å². The first-order valence-electron chi connectivity index (χ1n) is 42.1. The Kier molecular flexibility index (Phi) is 39.2. The number of aromatic nitrogens is 8. The molecule has 16 aromatic rings. The van der Waals surface area contributed by atoms with E-state index in [4.69, 9.17) is 67.8 Å². The number of aliphatic hydroxyl groups excluding tert-OH is 1. The number of hydrogen-bond acceptors (Lipinski definition) is 22. The molecule has 0 saturated carbocycles. The molecule has 2 unspecified atom stereocenters. The Morgan fingerprint density at radius 2 is 0.746 bits per heavy atom. The quantitative estimate of drug-likeness (QED) is 0.0231. The van der Waals surface area contributed by atoms with Gasteiger partial charge in [-0.2, -0.15) is 0 Å². The van der Waals surface area contributed by atoms with Crippen LogP contribution in [0.5, 0.6) is 40.2 Å². The van der Waals surface area contributed by atoms with E-state index in [-0.39, 0.29) is 67.8 Å². The van der Waals surface area contributed by atoms with Crippen LogP contribution in [0.3, 0.4) is 0 Å². The minimum absolute atomic E-state index is 0. The Bertz CT molecular complexity index is 6340. The van der Waals surface area contributed by atoms with Gasteiger partial charge in [-0.05, 0) is 212 Å². The maximum Gasteiger partial charge on any atom is 0.147 e. The third-order valence-electron chi connectivity index (χ3n) is 21.0. The molecule has 2 atom stereocenters. The summed E-state index contributed by atoms with van der Waals surface area (Å²) in [6.45, 7) is 21.0. The number of aromatic hydroxyl groups is 6. The fraction of sp³-hybridized carbons (Fsp3) is 0.255. The summed E-state index contributed by atoms with van der Waals surface area (Å²) in [5, 5.41) is 86.3. The summed E-state index contributed by atoms with van der Waals surface area (Å²) in [5.74, 6) is 1.44. The molecule has 16 rings (SSSR count). The predicted molar refractivity (Wildman–Crippen MR) is 530 cm³/mol. The summed E-state index contributed by atoms with van der Waals surface area (Å²) in [5.41, 5.74) is 10.5. The van der Waals surface area contributed by atoms with Gasteiger partial charge in [0.2, 0.25) is 0 Å². The van der Waals surface area contributed by atoms with Crippen LogP contribution < -0.4 is 15.4 Å². The highest BCUT2D eigenvalue weighted by atomic mass is 35.5. The first kappa shape index (κ1) is 102. The first-order chi connectivity index (χ1) is 62.0. The van der Waals surface area contributed by atoms with Crippen LogP contribution in [-0.2, 0) is 26.2 Å². The second-order valence-corrected chi connectivity index (χ2v) is 32.1. The summed E-state index contributed by atoms with van der Waals surface area (Å²) in [7, 11) is 3.88. The van der Waals surface area contributed by atoms with Gasteiger partial charge in [0.05, 0.1) is 61.8 Å². The number of aliphatic hydroxyl groups is 1. The van der Waals surface area contributed by atoms with Gasteiger partial charge in [0.25, 0.3) is 0 Å². The van der Waals surface area contributed by atoms with Gasteiger partial charge in [-0.25, -0.2) is 4.39 Å². The Morgan fingerprint density at radius 3 is 1.15 bits per heavy atom. The third kappa shape index (κ3) is 26.1. The van der Waals surface area contributed by atoms with Crippen molar-refractivity contribution in [3.8, 4) is 40.2 Å². The van der Waals surface area contributed by atoms with Gasteiger partial charge >= 0.3 is 0 Å². The minimum Gasteiger partial charge on any atom is -0.505 e. The van der Waals surface area contributed by atoms with Gasteiger partial charge in [-0.3, -0.25) is 54.6 Å². The number of fused-ring (bicyclic) bond motifs is 6. The molecule has 0 spiro atoms. The summed E-state index contributed by atoms with van der Waals surface area (Å²) in [4.78, 5) is 42.2. The molecule has 130 heavy (non-hydrogen) atoms. The van der Waals surface area contributed by atoms with Crippen molar-refractivity contribution in [1.29, 1.82) is 0 Å². The smallest absolute Gasteiger partial charge is 0.147 e. The monoisotopic (exact) mass is 1850 g/mol. The summed E-state index contributed by atoms with van der Waals surface area (Å²) in [6, 6.07) is 55.4. The Balaban J connectivity index is 0.000000177. The van der Waals surface area contributed by atoms with E-state index in [1.54, 1.807) is 129 Å². The predicted octanol–water partition coefficient (Wildman–Crippen LogP) is 24.3. The highest BCUT2D eigenvalue weighted by molar-refractivity contribution is 6.37. The molecule has 8 aromatic heterocycles. The zero-order valence-corrected chi connectivity index (χ0v) is 76.2. The standard InChI is InChI=1S/C23H20ClN3O2.C21H16FN3O.C15H19ClN2O2.C15H19ClN2O.C14H17ClN2O.C12H13ClN2O.2CH4/c1-2-29-17-9-7-15(8-10-17)21(27-16-5-3-11-25-14-16)19-13-20(24)18-6-4-12-26-22(18)23(19)28;22-18-8-2-1-7-16(18)20(25-15-6-4-11-23-13-15)17-10-9-14-5-3-12-24-19(14)21(17)26;1-2-6-18(7-8-19)10-11-9-13(16)12-4-3-5-17-14(12)15(11)20;1-3-8-18(4-2)10-11-9-13(16)12-6-5-7-17-14(12)15(11)19;1-3-17(4-2)9-10-8-12(15)11-6-5-7-16-13(11)14(10)18;1-15(2)7-8-6-10(13)9-4-3-5-14-11(9)12(8)16;;/h3-14,21,27-28H,2H2,1H3;1-13,20,25-26H;3-5,9,19-20H,2,6-8,10H2,1H3;5-7,9,19H,3-4,8,10H2,1-2H3;5-8,18H,3-4,9H2,1-2H3;3-6,16H,7H2,1-2H3;2*1H4. The molecule has 28 heteroatoms. The van der Waals surface area contributed by atoms with Crippen LogP contribution >= 0.6 is 58.0 Å². The Morgan fingerprint density at radius 1 is 0.369 bits per heavy atom. The van der Waals surface area contributed by atoms with Gasteiger partial charge in [-0.15, -0.1) is 0 Å². The highest BCUT2D eigenvalue weighted by Gasteiger charge is 2.26. The largest absolute Gasteiger partial charge is 0.505 e. The third-order valence-corrected chi connectivity index (χ3v) is 22.6. The maximum absolute atomic E-state index is 14.5. The number of nitrogens with zero attached hydrogens (tertiary/aromatic N) is 12. The van der Waals surface area contributed by atoms with Gasteiger partial charge in [0.15, 0.2) is 0 Å². The second-order valence-electron chi connectivity index (χ2n) is 30.1. The van der Waals surface area contributed by atoms with E-state index in [0.29, 0.717) is 120 Å². The van der Waals surface area contributed by atoms with Crippen LogP contribution in [0.1, 0.15) is 126 Å². The van der Waals surface area contributed by atoms with Crippen LogP contribution in [0.2, 0.25) is 25.1 Å². The molecule has 8 aromatic carbocycles. The molecule has 8 heterocycles. The van der Waals surface area contributed by atoms with Crippen LogP contribution in [-0.4, -0.2) is 162 Å². The number of halogens is 6. The molecule has 0 aliphatic heterocycles. The molecular weight excluding hydrogens is 1750 g/mol. The fourth-order valence-electron chi connectivity index (χ4n) is 14.7. The van der Waals surface area contributed by atoms with E-state index in [1.807, 2.05) is 141 Å². The number of nitrogens with one attached hydrogen (secondary N) is 2. The molecule has 0 radical (unpaired) electrons. The molecule has 9 N–H and O–H groups in total. The van der Waals surface area contributed by atoms with E-state index in [9.17, 15) is 35.0 Å². The number of ether oxygens (including phenoxy) is 1. The molecule has 0 bridgehead atoms. The fourth-order valence-corrected chi connectivity index (χ4v) is 16.1. The maximum atomic E-state index is 14.5. The first-order valence-corrected chi connectivity index (χ1v) is 44.0. The molecule has 22 nitrogen and oxygen atoms in total. The van der Waals surface area contributed by atoms with Crippen molar-refractivity contribution in [2.75, 3.05) is 77.2 Å². The lowest BCUT2D eigenvalue weighted by atomic mass is 9.95. The molecule has 0 amide bonds. The zero-order valence-electron chi connectivity index (χ0n) is 72.4. The molecule has 0 fully saturated rings. The van der Waals surface area contributed by atoms with Gasteiger partial charge in [0, 0.05) is 166 Å². The van der Waals surface area contributed by atoms with Crippen LogP contribution in [0, 0.1) is 5.82 Å². The molecule has 0 saturated heterocycles. The topological polar surface area (TPSA) is 291 Å². The lowest BCUT2D eigenvalue weighted by molar-refractivity contribution is 0.189. The summed E-state index contributed by atoms with van der Waals surface area (Å²) < 4.78 is 20.1. The van der Waals surface area contributed by atoms with E-state index >= 15 is 0 Å². The van der Waals surface area contributed by atoms with E-state index < -0.39 is 6.04 Å². The normalized spacial score (nSPS) is 11.4. The molecule has 680 valence electrons. The van der Waals surface area contributed by atoms with Crippen molar-refractivity contribution < 1.29 is 44.9 Å². The van der Waals surface area contributed by atoms with Crippen molar-refractivity contribution in [3.05, 3.63) is 325 Å². The number of phenolic OH excluding ortho intramolecular Hbond substituents is 6. The van der Waals surface area contributed by atoms with Crippen molar-refractivity contribution >= 4 is 135 Å². The van der Waals surface area contributed by atoms with Crippen molar-refractivity contribution in [2.24, 2.45) is 0 Å². The number of rotatable bonds is 27. The minimum atomic E-state index is -0.591. The lowest BCUT2D eigenvalue weighted by Crippen LogP contribution is -2.27. The SMILES string of the molecule is C.C.CCCN(CC)Cc1cc(Cl)c2cccnc2c1O.CCCN(CCO)Cc1cc(Cl)c2cccnc2c1O.CCN(CC)Cc1cc(Cl)c2cccnc2c1O.CCOc1ccc(C(Nc2cccnc2)c2cc(Cl)c3cccnc3c2O)cc1.CN(C)Cc1cc(Cl)c2cccnc2c1O.Oc1c(C(Nc2cccnc2)c2ccccc2F)ccc2cccnc12. The molecular formula is C102H112Cl5FN14O8. The summed E-state index contributed by atoms with van der Waals surface area (Å²) in [6.07, 6.45) is 18.7. The average Bonchev–Trinajstić information content (AvgIpc) is 0.756. The number of phenols is 6. The lowest BCUT2D eigenvalue weighted by Gasteiger charge is -2.23. The zero-order chi connectivity index (χ0) is 91.3. The second kappa shape index (κ2) is 50.2. The van der Waals surface area contributed by atoms with E-state index in [2.05, 4.69) is 99.8 Å². The highest BCUT2D eigenvalue weighted by Crippen LogP contribution is 2.43. The van der Waals surface area contributed by atoms with Crippen LogP contribution in [0.25, 0.3) is 65.4 Å². The van der Waals surface area contributed by atoms with Crippen LogP contribution in [0.15, 0.2) is 250 Å². The van der Waals surface area contributed by atoms with Gasteiger partial charge < -0.3 is 56.0 Å². The number of pyridine rings is 8. The Hall–Kier alpha value is -12.1. The Labute approximate surface area is 784 Å². The van der Waals surface area contributed by atoms with E-state index in [1.165, 1.54) is 6.07 Å². The summed E-state index contributed by atoms with van der Waals surface area (Å²) >= 11 is 31.4. The molecule has 0 aliphatic rings. The van der Waals surface area contributed by atoms with Gasteiger partial charge in [0.1, 0.15) is 79.2 Å². The molecule has 0 aliphatic carbocycles. The number of hydrogen-bond donors (Lipinski definition) is 9. The van der Waals surface area contributed by atoms with E-state index in [0.717, 1.165) is 117 Å². The van der Waals surface area contributed by atoms with Gasteiger partial charge in [-0.1, -0.05) is 156 Å². The number of benzene rings is 8. The number of anilines is 2. The average molecular weight is 1860 g/mol. The van der Waals surface area contributed by atoms with Crippen molar-refractivity contribution in [3.63, 3.8) is 0 Å². The van der Waals surface area contributed by atoms with Crippen molar-refractivity contribution in [1.82, 2.24) is 59.5 Å². The van der Waals surface area contributed by atoms with Crippen molar-refractivity contribution in [2.45, 2.75) is 108 Å².